The quantitative estimate of drug-likeness (QED) is 0.00976. The standard InChI is InChI=1S/C92H133N25O26S2/c1-47(2)31-65(84(135)114-78(50(6)120)91(142)108-63(34-53-37-97-58-18-11-10-17-57(53)58)83(134)113-76(48(3)4)89(140)111-68(45-145)86(137)104-60(19-12-13-29-93)92(143)117-30-14-20-69(117)88(139)103-59(26-27-70(95)123)79(130)101-40-73(126)99-42-75(128)129)115-116-71(124)28-25-56(122)39-100-80(131)61(32-51-15-8-7-9-16-51)105-82(133)64(35-54-38-96-46-102-54)106-87(138)67(44-144)110-85(136)66(43-118)109-81(132)62(33-52-21-23-55(121)24-22-52)107-90(141)77(49(5)119)112-74(127)41-98-72(125)36-94/h7-11,15-18,21-24,37-38,46-50,59-69,76-78,97,115,118-121,144-145H,12-14,19-20,25-36,39-45,93-94H2,1-6H3,(H2,95,123)(H,96,102)(H,98,125)(H,99,126)(H,100,131)(H,101,130)(H,103,139)(H,104,137)(H,105,133)(H,106,138)(H,107,141)(H,108,142)(H,109,132)(H,110,136)(H,111,140)(H,112,127)(H,113,134)(H,114,135)(H,116,124)(H,128,129)/t49-,50-,59+,60+,61+,62+,63+,64+,65+,66+,67+,68+,69+,76+,77+,78+/m1/s1. The number of carboxylic acid groups (broad SMARTS) is 1. The van der Waals surface area contributed by atoms with Crippen molar-refractivity contribution in [3.63, 3.8) is 0 Å². The van der Waals surface area contributed by atoms with Crippen LogP contribution in [-0.2, 0) is 126 Å². The van der Waals surface area contributed by atoms with E-state index in [1.165, 1.54) is 48.6 Å². The van der Waals surface area contributed by atoms with Crippen molar-refractivity contribution in [1.29, 1.82) is 0 Å². The van der Waals surface area contributed by atoms with Gasteiger partial charge >= 0.3 is 5.97 Å². The number of aliphatic carboxylic acids is 1. The number of rotatable bonds is 63. The molecule has 6 rings (SSSR count). The lowest BCUT2D eigenvalue weighted by atomic mass is 9.99. The van der Waals surface area contributed by atoms with Gasteiger partial charge in [-0.25, -0.2) is 10.4 Å². The zero-order valence-corrected chi connectivity index (χ0v) is 82.7. The first-order valence-electron chi connectivity index (χ1n) is 46.9. The number of benzene rings is 3. The maximum Gasteiger partial charge on any atom is 0.322 e. The van der Waals surface area contributed by atoms with E-state index in [2.05, 4.69) is 136 Å². The molecule has 5 aromatic rings. The maximum atomic E-state index is 14.9. The number of phenols is 1. The monoisotopic (exact) mass is 2070 g/mol. The fourth-order valence-electron chi connectivity index (χ4n) is 14.9. The Balaban J connectivity index is 1.09. The molecule has 53 heteroatoms. The van der Waals surface area contributed by atoms with Crippen molar-refractivity contribution >= 4 is 160 Å². The lowest BCUT2D eigenvalue weighted by Gasteiger charge is -2.31. The number of phenolic OH excluding ortho intramolecular Hbond substituents is 1. The second-order valence-corrected chi connectivity index (χ2v) is 36.0. The van der Waals surface area contributed by atoms with Crippen LogP contribution in [-0.4, -0.2) is 330 Å². The molecule has 3 heterocycles. The van der Waals surface area contributed by atoms with Crippen LogP contribution >= 0.6 is 25.3 Å². The van der Waals surface area contributed by atoms with Gasteiger partial charge in [0.1, 0.15) is 96.9 Å². The molecule has 0 aliphatic carbocycles. The minimum Gasteiger partial charge on any atom is -0.508 e. The molecule has 0 spiro atoms. The molecule has 2 aromatic heterocycles. The van der Waals surface area contributed by atoms with E-state index < -0.39 is 291 Å². The Labute approximate surface area is 844 Å². The maximum absolute atomic E-state index is 14.9. The Morgan fingerprint density at radius 2 is 0.979 bits per heavy atom. The number of thiol groups is 2. The van der Waals surface area contributed by atoms with E-state index in [0.29, 0.717) is 34.0 Å². The fraction of sp³-hybridized carbons (Fsp3) is 0.522. The van der Waals surface area contributed by atoms with Gasteiger partial charge in [0, 0.05) is 92.0 Å². The Morgan fingerprint density at radius 3 is 1.56 bits per heavy atom. The average molecular weight is 2070 g/mol. The topological polar surface area (TPSA) is 802 Å². The number of unbranched alkanes of at least 4 members (excludes halogenated alkanes) is 1. The molecule has 145 heavy (non-hydrogen) atoms. The van der Waals surface area contributed by atoms with Gasteiger partial charge in [-0.1, -0.05) is 88.4 Å². The van der Waals surface area contributed by atoms with Crippen molar-refractivity contribution in [1.82, 2.24) is 116 Å². The van der Waals surface area contributed by atoms with E-state index in [0.717, 1.165) is 6.92 Å². The summed E-state index contributed by atoms with van der Waals surface area (Å²) in [7, 11) is 0. The molecule has 31 N–H and O–H groups in total. The van der Waals surface area contributed by atoms with Crippen molar-refractivity contribution in [3.8, 4) is 5.75 Å². The van der Waals surface area contributed by atoms with E-state index in [9.17, 15) is 121 Å². The Kier molecular flexibility index (Phi) is 50.3. The molecule has 0 radical (unpaired) electrons. The van der Waals surface area contributed by atoms with Crippen molar-refractivity contribution in [2.45, 2.75) is 228 Å². The highest BCUT2D eigenvalue weighted by molar-refractivity contribution is 7.80. The van der Waals surface area contributed by atoms with E-state index in [1.807, 2.05) is 0 Å². The number of hydrogen-bond donors (Lipinski definition) is 30. The number of imidazole rings is 1. The number of carbonyl (C=O) groups is 21. The first-order chi connectivity index (χ1) is 68.9. The summed E-state index contributed by atoms with van der Waals surface area (Å²) in [5, 5.41) is 90.9. The Bertz CT molecular complexity index is 5270. The smallest absolute Gasteiger partial charge is 0.322 e. The summed E-state index contributed by atoms with van der Waals surface area (Å²) in [6, 6.07) is -1.15. The molecule has 1 aliphatic rings. The van der Waals surface area contributed by atoms with Gasteiger partial charge in [-0.3, -0.25) is 106 Å². The van der Waals surface area contributed by atoms with Crippen LogP contribution in [0.25, 0.3) is 10.9 Å². The molecule has 1 saturated heterocycles. The van der Waals surface area contributed by atoms with E-state index in [-0.39, 0.29) is 100 Å². The van der Waals surface area contributed by atoms with Gasteiger partial charge in [-0.2, -0.15) is 25.3 Å². The number of aromatic nitrogens is 3. The summed E-state index contributed by atoms with van der Waals surface area (Å²) in [6.45, 7) is 4.75. The number of primary amides is 1. The minimum atomic E-state index is -1.87. The van der Waals surface area contributed by atoms with Gasteiger partial charge in [-0.05, 0) is 112 Å². The number of aliphatic hydroxyl groups excluding tert-OH is 3. The van der Waals surface area contributed by atoms with E-state index in [4.69, 9.17) is 22.3 Å². The number of H-pyrrole nitrogens is 2. The summed E-state index contributed by atoms with van der Waals surface area (Å²) in [5.41, 5.74) is 23.7. The number of fused-ring (bicyclic) bond motifs is 1. The van der Waals surface area contributed by atoms with E-state index in [1.54, 1.807) is 88.5 Å². The molecule has 794 valence electrons. The number of aromatic amines is 2. The van der Waals surface area contributed by atoms with Gasteiger partial charge in [0.05, 0.1) is 51.3 Å². The van der Waals surface area contributed by atoms with Crippen LogP contribution in [0.15, 0.2) is 97.6 Å². The molecule has 0 saturated carbocycles. The summed E-state index contributed by atoms with van der Waals surface area (Å²) < 4.78 is 0. The number of likely N-dealkylation sites (tertiary alicyclic amines) is 1. The normalized spacial score (nSPS) is 15.3. The lowest BCUT2D eigenvalue weighted by Crippen LogP contribution is -2.62. The number of nitrogens with zero attached hydrogens (tertiary/aromatic N) is 2. The number of aliphatic hydroxyl groups is 3. The highest BCUT2D eigenvalue weighted by Gasteiger charge is 2.43. The highest BCUT2D eigenvalue weighted by atomic mass is 32.1. The van der Waals surface area contributed by atoms with Gasteiger partial charge in [0.15, 0.2) is 5.78 Å². The SMILES string of the molecule is CC(C)C[C@H](NNC(=O)CCC(=O)CNC(=O)[C@H](Cc1ccccc1)NC(=O)[C@H](Cc1cnc[nH]1)NC(=O)[C@H](CS)NC(=O)[C@H](CO)NC(=O)[C@H](Cc1ccc(O)cc1)NC(=O)[C@@H](NC(=O)CNC(=O)CN)[C@@H](C)O)C(=O)N[C@H](C(=O)N[C@@H](Cc1c[nH]c2ccccc12)C(=O)N[C@H](C(=O)N[C@@H](CS)C(=O)N[C@@H](CCCCN)C(=O)N1CCC[C@H]1C(=O)N[C@@H](CCC(N)=O)C(=O)NCC(=O)NCC(=O)O)C(C)C)[C@@H](C)O. The van der Waals surface area contributed by atoms with Crippen LogP contribution in [0.3, 0.4) is 0 Å². The molecule has 3 aromatic carbocycles. The zero-order chi connectivity index (χ0) is 107. The molecule has 0 unspecified atom stereocenters. The van der Waals surface area contributed by atoms with Crippen LogP contribution in [0, 0.1) is 11.8 Å². The second kappa shape index (κ2) is 61.0. The van der Waals surface area contributed by atoms with Crippen LogP contribution < -0.4 is 113 Å². The molecular formula is C92H133N25O26S2. The van der Waals surface area contributed by atoms with E-state index >= 15 is 0 Å². The van der Waals surface area contributed by atoms with Crippen molar-refractivity contribution in [2.24, 2.45) is 29.0 Å². The van der Waals surface area contributed by atoms with Crippen LogP contribution in [0.5, 0.6) is 5.75 Å². The number of hydrazine groups is 1. The first kappa shape index (κ1) is 119. The van der Waals surface area contributed by atoms with Gasteiger partial charge in [0.2, 0.25) is 112 Å². The Morgan fingerprint density at radius 1 is 0.476 bits per heavy atom. The number of hydrogen-bond acceptors (Lipinski definition) is 31. The van der Waals surface area contributed by atoms with Crippen LogP contribution in [0.1, 0.15) is 128 Å². The molecule has 51 nitrogen and oxygen atoms in total. The zero-order valence-electron chi connectivity index (χ0n) is 80.9. The number of ketones is 1. The summed E-state index contributed by atoms with van der Waals surface area (Å²) >= 11 is 8.62. The first-order valence-corrected chi connectivity index (χ1v) is 48.2. The number of carbonyl (C=O) groups excluding carboxylic acids is 20. The summed E-state index contributed by atoms with van der Waals surface area (Å²) in [5.74, 6) is -22.0. The molecule has 16 atom stereocenters. The molecule has 1 fully saturated rings. The number of Topliss-reactive ketones (excluding diaryl/α,β-unsaturated/α-hetero) is 1. The summed E-state index contributed by atoms with van der Waals surface area (Å²) in [4.78, 5) is 297. The predicted molar refractivity (Wildman–Crippen MR) is 526 cm³/mol. The molecule has 19 amide bonds. The number of nitrogens with two attached hydrogens (primary N) is 3. The predicted octanol–water partition coefficient (Wildman–Crippen LogP) is -8.77. The molecule has 0 bridgehead atoms. The molecular weight excluding hydrogens is 1940 g/mol. The van der Waals surface area contributed by atoms with Crippen molar-refractivity contribution in [2.75, 3.05) is 63.9 Å². The third kappa shape index (κ3) is 40.5. The van der Waals surface area contributed by atoms with Crippen molar-refractivity contribution < 1.29 is 126 Å². The number of nitrogens with one attached hydrogen (secondary N) is 20. The van der Waals surface area contributed by atoms with Crippen LogP contribution in [0.2, 0.25) is 0 Å². The van der Waals surface area contributed by atoms with Gasteiger partial charge < -0.3 is 143 Å². The van der Waals surface area contributed by atoms with Gasteiger partial charge in [-0.15, -0.1) is 0 Å². The number of para-hydroxylation sites is 1. The number of amides is 19. The van der Waals surface area contributed by atoms with Gasteiger partial charge in [0.25, 0.3) is 0 Å². The largest absolute Gasteiger partial charge is 0.508 e. The lowest BCUT2D eigenvalue weighted by molar-refractivity contribution is -0.142. The number of aromatic hydroxyl groups is 1. The highest BCUT2D eigenvalue weighted by Crippen LogP contribution is 2.24. The average Bonchev–Trinajstić information content (AvgIpc) is 1.70. The number of carboxylic acids is 1. The third-order valence-corrected chi connectivity index (χ3v) is 23.5. The summed E-state index contributed by atoms with van der Waals surface area (Å²) in [6.07, 6.45) is -1.03. The fourth-order valence-corrected chi connectivity index (χ4v) is 15.4. The Hall–Kier alpha value is -14.3. The third-order valence-electron chi connectivity index (χ3n) is 22.8. The minimum absolute atomic E-state index is 0.00537. The van der Waals surface area contributed by atoms with Crippen molar-refractivity contribution in [3.05, 3.63) is 120 Å². The van der Waals surface area contributed by atoms with Crippen LogP contribution in [0.4, 0.5) is 0 Å². The molecule has 1 aliphatic heterocycles. The second-order valence-electron chi connectivity index (χ2n) is 35.2.